The van der Waals surface area contributed by atoms with Gasteiger partial charge in [-0.05, 0) is 19.1 Å². The summed E-state index contributed by atoms with van der Waals surface area (Å²) in [5.41, 5.74) is -0.371. The number of phenolic OH excluding ortho intramolecular Hbond substituents is 1. The van der Waals surface area contributed by atoms with Crippen LogP contribution in [0.1, 0.15) is 72.7 Å². The van der Waals surface area contributed by atoms with Crippen molar-refractivity contribution in [2.75, 3.05) is 19.8 Å². The van der Waals surface area contributed by atoms with Crippen LogP contribution in [0.5, 0.6) is 17.2 Å². The second kappa shape index (κ2) is 21.7. The predicted octanol–water partition coefficient (Wildman–Crippen LogP) is 0.493. The Morgan fingerprint density at radius 3 is 1.23 bits per heavy atom. The summed E-state index contributed by atoms with van der Waals surface area (Å²) in [6, 6.07) is 1.84. The summed E-state index contributed by atoms with van der Waals surface area (Å²) in [7, 11) is 0. The Kier molecular flexibility index (Phi) is 17.4. The Morgan fingerprint density at radius 1 is 0.500 bits per heavy atom. The van der Waals surface area contributed by atoms with Crippen LogP contribution < -0.4 is 9.47 Å². The third-order valence-electron chi connectivity index (χ3n) is 7.92. The van der Waals surface area contributed by atoms with E-state index in [0.717, 1.165) is 67.5 Å². The molecule has 0 aliphatic carbocycles. The second-order valence-electron chi connectivity index (χ2n) is 12.9. The van der Waals surface area contributed by atoms with Gasteiger partial charge in [0.2, 0.25) is 30.5 Å². The lowest BCUT2D eigenvalue weighted by Crippen LogP contribution is -2.64. The van der Waals surface area contributed by atoms with Gasteiger partial charge in [-0.2, -0.15) is 0 Å². The van der Waals surface area contributed by atoms with Gasteiger partial charge in [-0.3, -0.25) is 38.4 Å². The summed E-state index contributed by atoms with van der Waals surface area (Å²) >= 11 is 0. The number of carbonyl (C=O) groups excluding carboxylic acids is 9. The van der Waals surface area contributed by atoms with Gasteiger partial charge >= 0.3 is 53.7 Å². The van der Waals surface area contributed by atoms with Crippen LogP contribution in [-0.4, -0.2) is 140 Å². The summed E-state index contributed by atoms with van der Waals surface area (Å²) in [5, 5.41) is 11.5. The van der Waals surface area contributed by atoms with Gasteiger partial charge in [0.05, 0.1) is 12.2 Å². The highest BCUT2D eigenvalue weighted by molar-refractivity contribution is 5.91. The molecule has 2 aliphatic heterocycles. The van der Waals surface area contributed by atoms with E-state index < -0.39 is 146 Å². The quantitative estimate of drug-likeness (QED) is 0.175. The number of aromatic hydroxyl groups is 1. The molecule has 0 spiro atoms. The molecule has 1 aromatic carbocycles. The molecule has 0 bridgehead atoms. The summed E-state index contributed by atoms with van der Waals surface area (Å²) in [6.45, 7) is 8.12. The van der Waals surface area contributed by atoms with Crippen LogP contribution in [-0.2, 0) is 90.5 Å². The van der Waals surface area contributed by atoms with Crippen molar-refractivity contribution in [3.8, 4) is 17.2 Å². The van der Waals surface area contributed by atoms with E-state index in [0.29, 0.717) is 0 Å². The first-order valence-corrected chi connectivity index (χ1v) is 18.1. The van der Waals surface area contributed by atoms with Crippen LogP contribution in [0.3, 0.4) is 0 Å². The minimum Gasteiger partial charge on any atom is -0.504 e. The maximum Gasteiger partial charge on any atom is 0.338 e. The van der Waals surface area contributed by atoms with E-state index in [4.69, 9.17) is 61.6 Å². The monoisotopic (exact) mass is 858 g/mol. The normalized spacial score (nSPS) is 25.8. The molecule has 10 atom stereocenters. The van der Waals surface area contributed by atoms with E-state index in [2.05, 4.69) is 0 Å². The molecule has 60 heavy (non-hydrogen) atoms. The SMILES string of the molecule is CCOC(=O)c1cc(O)c(OC2O[C@H](COC(C)=O)[C@H](OC(C)=O)[C@H](OC(C)=O)[C@H]2OC(C)=O)c(OC2O[C@H](COC(C)=O)[C@H](OC(C)=O)[C@H](OC(C)=O)[C@H]2OC(C)=O)c1. The molecule has 2 unspecified atom stereocenters. The minimum absolute atomic E-state index is 0.127. The number of ether oxygens (including phenoxy) is 13. The van der Waals surface area contributed by atoms with Gasteiger partial charge in [-0.1, -0.05) is 0 Å². The van der Waals surface area contributed by atoms with Crippen molar-refractivity contribution < 1.29 is 110 Å². The van der Waals surface area contributed by atoms with E-state index in [-0.39, 0.29) is 12.2 Å². The Balaban J connectivity index is 2.29. The molecule has 23 heteroatoms. The fourth-order valence-electron chi connectivity index (χ4n) is 5.93. The van der Waals surface area contributed by atoms with Crippen molar-refractivity contribution in [1.82, 2.24) is 0 Å². The molecule has 2 heterocycles. The Labute approximate surface area is 341 Å². The maximum atomic E-state index is 13.0. The highest BCUT2D eigenvalue weighted by Crippen LogP contribution is 2.43. The van der Waals surface area contributed by atoms with Crippen molar-refractivity contribution in [1.29, 1.82) is 0 Å². The van der Waals surface area contributed by atoms with Crippen LogP contribution in [0.2, 0.25) is 0 Å². The molecule has 3 rings (SSSR count). The first-order chi connectivity index (χ1) is 28.1. The zero-order valence-corrected chi connectivity index (χ0v) is 34.0. The number of hydrogen-bond donors (Lipinski definition) is 1. The standard InChI is InChI=1S/C37H46O23/c1-10-48-35(47)23-11-24(46)28(60-37-34(56-22(9)45)32(54-20(7)43)30(52-18(5)41)27(59-37)14-50-16(3)39)25(12-23)57-36-33(55-21(8)44)31(53-19(6)42)29(51-17(4)40)26(58-36)13-49-15(2)38/h11-12,26-27,29-34,36-37,46H,10,13-14H2,1-9H3/t26-,27-,29+,30+,31+,32+,33-,34-,36?,37?/m1/s1. The lowest BCUT2D eigenvalue weighted by atomic mass is 9.98. The van der Waals surface area contributed by atoms with Gasteiger partial charge < -0.3 is 66.7 Å². The van der Waals surface area contributed by atoms with E-state index in [1.54, 1.807) is 0 Å². The highest BCUT2D eigenvalue weighted by Gasteiger charge is 2.55. The lowest BCUT2D eigenvalue weighted by molar-refractivity contribution is -0.292. The van der Waals surface area contributed by atoms with Crippen LogP contribution in [0, 0.1) is 0 Å². The molecule has 0 aromatic heterocycles. The minimum atomic E-state index is -1.97. The van der Waals surface area contributed by atoms with Gasteiger partial charge in [-0.15, -0.1) is 0 Å². The van der Waals surface area contributed by atoms with Crippen LogP contribution in [0.15, 0.2) is 12.1 Å². The predicted molar refractivity (Wildman–Crippen MR) is 189 cm³/mol. The van der Waals surface area contributed by atoms with Gasteiger partial charge in [0.15, 0.2) is 35.9 Å². The summed E-state index contributed by atoms with van der Waals surface area (Å²) in [4.78, 5) is 111. The molecule has 0 amide bonds. The summed E-state index contributed by atoms with van der Waals surface area (Å²) in [6.07, 6.45) is -17.2. The number of hydrogen-bond acceptors (Lipinski definition) is 23. The Bertz CT molecular complexity index is 1790. The number of benzene rings is 1. The summed E-state index contributed by atoms with van der Waals surface area (Å²) < 4.78 is 72.0. The molecule has 332 valence electrons. The van der Waals surface area contributed by atoms with E-state index >= 15 is 0 Å². The smallest absolute Gasteiger partial charge is 0.338 e. The number of esters is 9. The van der Waals surface area contributed by atoms with Crippen LogP contribution in [0.4, 0.5) is 0 Å². The number of rotatable bonds is 16. The zero-order chi connectivity index (χ0) is 45.0. The molecule has 1 aromatic rings. The van der Waals surface area contributed by atoms with Crippen LogP contribution >= 0.6 is 0 Å². The molecule has 23 nitrogen and oxygen atoms in total. The van der Waals surface area contributed by atoms with E-state index in [1.165, 1.54) is 6.92 Å². The lowest BCUT2D eigenvalue weighted by Gasteiger charge is -2.44. The second-order valence-corrected chi connectivity index (χ2v) is 12.9. The van der Waals surface area contributed by atoms with Crippen LogP contribution in [0.25, 0.3) is 0 Å². The Morgan fingerprint density at radius 2 is 0.867 bits per heavy atom. The molecule has 2 saturated heterocycles. The van der Waals surface area contributed by atoms with E-state index in [1.807, 2.05) is 0 Å². The van der Waals surface area contributed by atoms with Gasteiger partial charge in [0.1, 0.15) is 25.4 Å². The fraction of sp³-hybridized carbons (Fsp3) is 0.595. The van der Waals surface area contributed by atoms with E-state index in [9.17, 15) is 48.3 Å². The molecular weight excluding hydrogens is 812 g/mol. The summed E-state index contributed by atoms with van der Waals surface area (Å²) in [5.74, 6) is -10.6. The van der Waals surface area contributed by atoms with Crippen molar-refractivity contribution in [3.63, 3.8) is 0 Å². The molecule has 0 saturated carbocycles. The molecule has 1 N–H and O–H groups in total. The van der Waals surface area contributed by atoms with Crippen molar-refractivity contribution in [3.05, 3.63) is 17.7 Å². The first-order valence-electron chi connectivity index (χ1n) is 18.1. The van der Waals surface area contributed by atoms with Gasteiger partial charge in [0.25, 0.3) is 0 Å². The third kappa shape index (κ3) is 13.7. The topological polar surface area (TPSA) is 294 Å². The van der Waals surface area contributed by atoms with Gasteiger partial charge in [-0.25, -0.2) is 4.79 Å². The molecule has 2 aliphatic rings. The van der Waals surface area contributed by atoms with Crippen molar-refractivity contribution >= 4 is 53.7 Å². The first kappa shape index (κ1) is 48.1. The van der Waals surface area contributed by atoms with Gasteiger partial charge in [0, 0.05) is 55.4 Å². The molecular formula is C37H46O23. The Hall–Kier alpha value is -6.23. The largest absolute Gasteiger partial charge is 0.504 e. The molecule has 0 radical (unpaired) electrons. The average molecular weight is 859 g/mol. The fourth-order valence-corrected chi connectivity index (χ4v) is 5.93. The molecule has 2 fully saturated rings. The average Bonchev–Trinajstić information content (AvgIpc) is 3.11. The van der Waals surface area contributed by atoms with Crippen molar-refractivity contribution in [2.24, 2.45) is 0 Å². The number of phenols is 1. The zero-order valence-electron chi connectivity index (χ0n) is 34.0. The highest BCUT2D eigenvalue weighted by atomic mass is 16.8. The number of carbonyl (C=O) groups is 9. The maximum absolute atomic E-state index is 13.0. The third-order valence-corrected chi connectivity index (χ3v) is 7.92. The van der Waals surface area contributed by atoms with Crippen molar-refractivity contribution in [2.45, 2.75) is 124 Å².